The number of aliphatic carboxylic acids is 1. The molecule has 1 aliphatic heterocycles. The number of aromatic nitrogens is 1. The van der Waals surface area contributed by atoms with Crippen molar-refractivity contribution in [2.24, 2.45) is 5.92 Å². The SMILES string of the molecule is CC1CCN(Cc2ncc(C(C)(C)C)o2)C(C(=O)O)C1. The second-order valence-electron chi connectivity index (χ2n) is 6.82. The average Bonchev–Trinajstić information content (AvgIpc) is 2.79. The molecule has 0 saturated carbocycles. The molecule has 0 bridgehead atoms. The minimum atomic E-state index is -0.751. The zero-order valence-corrected chi connectivity index (χ0v) is 12.7. The van der Waals surface area contributed by atoms with Gasteiger partial charge in [-0.25, -0.2) is 4.98 Å². The van der Waals surface area contributed by atoms with Crippen molar-refractivity contribution in [3.05, 3.63) is 17.8 Å². The summed E-state index contributed by atoms with van der Waals surface area (Å²) in [4.78, 5) is 17.6. The smallest absolute Gasteiger partial charge is 0.320 e. The van der Waals surface area contributed by atoms with Crippen LogP contribution in [-0.2, 0) is 16.8 Å². The maximum Gasteiger partial charge on any atom is 0.320 e. The fourth-order valence-electron chi connectivity index (χ4n) is 2.54. The number of likely N-dealkylation sites (tertiary alicyclic amines) is 1. The van der Waals surface area contributed by atoms with Crippen LogP contribution in [0.4, 0.5) is 0 Å². The van der Waals surface area contributed by atoms with Crippen molar-refractivity contribution in [1.82, 2.24) is 9.88 Å². The number of carboxylic acid groups (broad SMARTS) is 1. The van der Waals surface area contributed by atoms with Crippen molar-refractivity contribution in [1.29, 1.82) is 0 Å². The third-order valence-electron chi connectivity index (χ3n) is 3.89. The van der Waals surface area contributed by atoms with Gasteiger partial charge in [0.1, 0.15) is 11.8 Å². The number of carbonyl (C=O) groups is 1. The zero-order chi connectivity index (χ0) is 14.9. The third-order valence-corrected chi connectivity index (χ3v) is 3.89. The Balaban J connectivity index is 2.08. The minimum absolute atomic E-state index is 0.0755. The van der Waals surface area contributed by atoms with Gasteiger partial charge in [0.25, 0.3) is 0 Å². The van der Waals surface area contributed by atoms with Crippen molar-refractivity contribution in [2.75, 3.05) is 6.54 Å². The molecule has 2 heterocycles. The molecule has 1 fully saturated rings. The molecule has 2 rings (SSSR count). The van der Waals surface area contributed by atoms with Gasteiger partial charge >= 0.3 is 5.97 Å². The van der Waals surface area contributed by atoms with Gasteiger partial charge in [-0.2, -0.15) is 0 Å². The third kappa shape index (κ3) is 3.39. The van der Waals surface area contributed by atoms with E-state index < -0.39 is 12.0 Å². The van der Waals surface area contributed by atoms with Crippen LogP contribution in [0.5, 0.6) is 0 Å². The van der Waals surface area contributed by atoms with Crippen LogP contribution in [0.2, 0.25) is 0 Å². The summed E-state index contributed by atoms with van der Waals surface area (Å²) >= 11 is 0. The lowest BCUT2D eigenvalue weighted by Crippen LogP contribution is -2.46. The molecule has 0 aromatic carbocycles. The topological polar surface area (TPSA) is 66.6 Å². The molecule has 0 aliphatic carbocycles. The lowest BCUT2D eigenvalue weighted by molar-refractivity contribution is -0.145. The number of oxazole rings is 1. The van der Waals surface area contributed by atoms with Gasteiger partial charge in [-0.05, 0) is 25.3 Å². The summed E-state index contributed by atoms with van der Waals surface area (Å²) in [5.74, 6) is 1.15. The molecular formula is C15H24N2O3. The number of rotatable bonds is 3. The van der Waals surface area contributed by atoms with Gasteiger partial charge in [-0.3, -0.25) is 9.69 Å². The molecule has 1 aromatic heterocycles. The number of hydrogen-bond donors (Lipinski definition) is 1. The van der Waals surface area contributed by atoms with Crippen molar-refractivity contribution in [2.45, 2.75) is 58.5 Å². The molecule has 1 saturated heterocycles. The Bertz CT molecular complexity index is 476. The molecule has 0 radical (unpaired) electrons. The quantitative estimate of drug-likeness (QED) is 0.922. The van der Waals surface area contributed by atoms with Crippen LogP contribution in [0, 0.1) is 5.92 Å². The summed E-state index contributed by atoms with van der Waals surface area (Å²) < 4.78 is 5.76. The van der Waals surface area contributed by atoms with Crippen LogP contribution < -0.4 is 0 Å². The largest absolute Gasteiger partial charge is 0.480 e. The molecule has 1 aliphatic rings. The Morgan fingerprint density at radius 1 is 1.55 bits per heavy atom. The van der Waals surface area contributed by atoms with Crippen LogP contribution in [-0.4, -0.2) is 33.5 Å². The van der Waals surface area contributed by atoms with Crippen LogP contribution in [0.15, 0.2) is 10.6 Å². The van der Waals surface area contributed by atoms with E-state index in [1.807, 2.05) is 4.90 Å². The Morgan fingerprint density at radius 3 is 2.80 bits per heavy atom. The highest BCUT2D eigenvalue weighted by Gasteiger charge is 2.32. The van der Waals surface area contributed by atoms with E-state index in [9.17, 15) is 9.90 Å². The Labute approximate surface area is 120 Å². The predicted octanol–water partition coefficient (Wildman–Crippen LogP) is 2.66. The lowest BCUT2D eigenvalue weighted by Gasteiger charge is -2.35. The number of piperidine rings is 1. The Kier molecular flexibility index (Phi) is 4.18. The maximum absolute atomic E-state index is 11.4. The average molecular weight is 280 g/mol. The highest BCUT2D eigenvalue weighted by molar-refractivity contribution is 5.73. The number of nitrogens with zero attached hydrogens (tertiary/aromatic N) is 2. The molecular weight excluding hydrogens is 256 g/mol. The van der Waals surface area contributed by atoms with E-state index in [-0.39, 0.29) is 5.41 Å². The van der Waals surface area contributed by atoms with Gasteiger partial charge in [0, 0.05) is 5.41 Å². The molecule has 5 heteroatoms. The first-order valence-electron chi connectivity index (χ1n) is 7.19. The predicted molar refractivity (Wildman–Crippen MR) is 75.4 cm³/mol. The van der Waals surface area contributed by atoms with Gasteiger partial charge in [0.15, 0.2) is 0 Å². The summed E-state index contributed by atoms with van der Waals surface area (Å²) in [6, 6.07) is -0.427. The van der Waals surface area contributed by atoms with Gasteiger partial charge < -0.3 is 9.52 Å². The van der Waals surface area contributed by atoms with Crippen LogP contribution in [0.1, 0.15) is 52.2 Å². The highest BCUT2D eigenvalue weighted by Crippen LogP contribution is 2.26. The van der Waals surface area contributed by atoms with Gasteiger partial charge in [-0.15, -0.1) is 0 Å². The molecule has 2 atom stereocenters. The van der Waals surface area contributed by atoms with Gasteiger partial charge in [-0.1, -0.05) is 27.7 Å². The first-order valence-corrected chi connectivity index (χ1v) is 7.19. The summed E-state index contributed by atoms with van der Waals surface area (Å²) in [6.07, 6.45) is 3.47. The molecule has 0 spiro atoms. The minimum Gasteiger partial charge on any atom is -0.480 e. The zero-order valence-electron chi connectivity index (χ0n) is 12.7. The van der Waals surface area contributed by atoms with E-state index in [1.165, 1.54) is 0 Å². The van der Waals surface area contributed by atoms with Crippen molar-refractivity contribution < 1.29 is 14.3 Å². The standard InChI is InChI=1S/C15H24N2O3/c1-10-5-6-17(11(7-10)14(18)19)9-13-16-8-12(20-13)15(2,3)4/h8,10-11H,5-7,9H2,1-4H3,(H,18,19). The normalized spacial score (nSPS) is 24.8. The van der Waals surface area contributed by atoms with E-state index in [0.717, 1.165) is 18.7 Å². The summed E-state index contributed by atoms with van der Waals surface area (Å²) in [6.45, 7) is 9.57. The first-order chi connectivity index (χ1) is 9.27. The number of hydrogen-bond acceptors (Lipinski definition) is 4. The van der Waals surface area contributed by atoms with Crippen molar-refractivity contribution in [3.63, 3.8) is 0 Å². The lowest BCUT2D eigenvalue weighted by atomic mass is 9.92. The van der Waals surface area contributed by atoms with Crippen LogP contribution in [0.3, 0.4) is 0 Å². The first kappa shape index (κ1) is 15.0. The molecule has 0 amide bonds. The molecule has 1 aromatic rings. The van der Waals surface area contributed by atoms with E-state index in [1.54, 1.807) is 6.20 Å². The molecule has 5 nitrogen and oxygen atoms in total. The van der Waals surface area contributed by atoms with Gasteiger partial charge in [0.05, 0.1) is 12.7 Å². The van der Waals surface area contributed by atoms with Gasteiger partial charge in [0.2, 0.25) is 5.89 Å². The van der Waals surface area contributed by atoms with Crippen LogP contribution in [0.25, 0.3) is 0 Å². The second kappa shape index (κ2) is 5.56. The Morgan fingerprint density at radius 2 is 2.25 bits per heavy atom. The van der Waals surface area contributed by atoms with E-state index in [4.69, 9.17) is 4.42 Å². The summed E-state index contributed by atoms with van der Waals surface area (Å²) in [5.41, 5.74) is -0.0755. The van der Waals surface area contributed by atoms with Crippen molar-refractivity contribution in [3.8, 4) is 0 Å². The fraction of sp³-hybridized carbons (Fsp3) is 0.733. The highest BCUT2D eigenvalue weighted by atomic mass is 16.4. The van der Waals surface area contributed by atoms with Crippen LogP contribution >= 0.6 is 0 Å². The van der Waals surface area contributed by atoms with Crippen molar-refractivity contribution >= 4 is 5.97 Å². The van der Waals surface area contributed by atoms with E-state index >= 15 is 0 Å². The summed E-state index contributed by atoms with van der Waals surface area (Å²) in [7, 11) is 0. The van der Waals surface area contributed by atoms with E-state index in [2.05, 4.69) is 32.7 Å². The maximum atomic E-state index is 11.4. The monoisotopic (exact) mass is 280 g/mol. The molecule has 20 heavy (non-hydrogen) atoms. The second-order valence-corrected chi connectivity index (χ2v) is 6.82. The molecule has 112 valence electrons. The summed E-state index contributed by atoms with van der Waals surface area (Å²) in [5, 5.41) is 9.35. The number of carboxylic acids is 1. The molecule has 2 unspecified atom stereocenters. The molecule has 1 N–H and O–H groups in total. The Hall–Kier alpha value is -1.36. The fourth-order valence-corrected chi connectivity index (χ4v) is 2.54. The van der Waals surface area contributed by atoms with E-state index in [0.29, 0.717) is 24.8 Å².